The molecule has 1 saturated carbocycles. The number of nitriles is 1. The van der Waals surface area contributed by atoms with Gasteiger partial charge in [0.25, 0.3) is 0 Å². The molecule has 14 nitrogen and oxygen atoms in total. The molecule has 43 heavy (non-hydrogen) atoms. The van der Waals surface area contributed by atoms with Crippen molar-refractivity contribution in [1.82, 2.24) is 19.7 Å². The van der Waals surface area contributed by atoms with E-state index in [2.05, 4.69) is 15.2 Å². The maximum absolute atomic E-state index is 14.0. The Morgan fingerprint density at radius 3 is 2.70 bits per heavy atom. The molecule has 15 heteroatoms. The second-order valence-corrected chi connectivity index (χ2v) is 12.5. The number of ether oxygens (including phenoxy) is 2. The monoisotopic (exact) mass is 614 g/mol. The lowest BCUT2D eigenvalue weighted by molar-refractivity contribution is -0.147. The molecule has 0 amide bonds. The number of benzene rings is 1. The fourth-order valence-electron chi connectivity index (χ4n) is 5.40. The third kappa shape index (κ3) is 6.52. The van der Waals surface area contributed by atoms with E-state index >= 15 is 0 Å². The van der Waals surface area contributed by atoms with Crippen LogP contribution in [0.4, 0.5) is 5.82 Å². The van der Waals surface area contributed by atoms with Gasteiger partial charge >= 0.3 is 13.7 Å². The Morgan fingerprint density at radius 2 is 1.98 bits per heavy atom. The van der Waals surface area contributed by atoms with Gasteiger partial charge in [0.1, 0.15) is 48.0 Å². The number of aromatic nitrogens is 3. The van der Waals surface area contributed by atoms with Crippen molar-refractivity contribution in [3.8, 4) is 11.8 Å². The molecular weight excluding hydrogens is 579 g/mol. The van der Waals surface area contributed by atoms with Gasteiger partial charge in [-0.3, -0.25) is 9.32 Å². The Morgan fingerprint density at radius 1 is 1.23 bits per heavy atom. The number of carbonyl (C=O) groups excluding carboxylic acids is 1. The third-order valence-corrected chi connectivity index (χ3v) is 9.40. The smallest absolute Gasteiger partial charge is 0.459 e. The van der Waals surface area contributed by atoms with Crippen LogP contribution in [-0.4, -0.2) is 68.3 Å². The Balaban J connectivity index is 1.31. The van der Waals surface area contributed by atoms with Gasteiger partial charge in [-0.1, -0.05) is 37.5 Å². The molecular formula is C28H35N6O8P. The van der Waals surface area contributed by atoms with E-state index in [-0.39, 0.29) is 23.9 Å². The molecule has 5 N–H and O–H groups in total. The lowest BCUT2D eigenvalue weighted by Crippen LogP contribution is -2.41. The van der Waals surface area contributed by atoms with E-state index in [9.17, 15) is 24.8 Å². The molecule has 6 atom stereocenters. The van der Waals surface area contributed by atoms with E-state index in [0.29, 0.717) is 11.4 Å². The molecule has 2 aliphatic rings. The number of rotatable bonds is 11. The van der Waals surface area contributed by atoms with Crippen LogP contribution in [0, 0.1) is 17.2 Å². The highest BCUT2D eigenvalue weighted by Crippen LogP contribution is 2.47. The molecule has 1 aromatic carbocycles. The minimum atomic E-state index is -4.31. The lowest BCUT2D eigenvalue weighted by atomic mass is 9.90. The predicted molar refractivity (Wildman–Crippen MR) is 152 cm³/mol. The molecule has 1 aliphatic heterocycles. The Bertz CT molecular complexity index is 1510. The van der Waals surface area contributed by atoms with Crippen molar-refractivity contribution in [2.24, 2.45) is 5.92 Å². The summed E-state index contributed by atoms with van der Waals surface area (Å²) < 4.78 is 38.0. The number of nitrogen functional groups attached to an aromatic ring is 1. The molecule has 0 unspecified atom stereocenters. The van der Waals surface area contributed by atoms with Crippen molar-refractivity contribution in [2.45, 2.75) is 69.0 Å². The Hall–Kier alpha value is -3.57. The van der Waals surface area contributed by atoms with Crippen LogP contribution in [0.3, 0.4) is 0 Å². The SMILES string of the molecule is C[C@H](N[P@](=O)(OC[C@H]1O[C@@](C#N)(c2ccc3c(N)ncnn23)[C@H](O)[C@@H]1O)Oc1ccccc1)C(=O)OCC1CCCCC1. The van der Waals surface area contributed by atoms with Gasteiger partial charge in [-0.15, -0.1) is 0 Å². The quantitative estimate of drug-likeness (QED) is 0.181. The van der Waals surface area contributed by atoms with Gasteiger partial charge in [0, 0.05) is 0 Å². The standard InChI is InChI=1S/C28H35N6O8P/c1-18(27(37)39-14-19-8-4-2-5-9-19)33-43(38,42-20-10-6-3-7-11-20)40-15-22-24(35)25(36)28(16-29,41-22)23-13-12-21-26(30)31-17-32-34(21)23/h3,6-7,10-13,17-19,22,24-25,35-36H,2,4-5,8-9,14-15H2,1H3,(H,33,38)(H2,30,31,32)/t18-,22+,24+,25+,28-,43-/m0/s1. The zero-order chi connectivity index (χ0) is 30.6. The molecule has 0 spiro atoms. The fourth-order valence-corrected chi connectivity index (χ4v) is 6.90. The topological polar surface area (TPSA) is 204 Å². The molecule has 5 rings (SSSR count). The molecule has 3 heterocycles. The van der Waals surface area contributed by atoms with Gasteiger partial charge in [0.15, 0.2) is 5.82 Å². The molecule has 230 valence electrons. The lowest BCUT2D eigenvalue weighted by Gasteiger charge is -2.26. The van der Waals surface area contributed by atoms with Gasteiger partial charge in [-0.25, -0.2) is 14.1 Å². The van der Waals surface area contributed by atoms with Crippen LogP contribution in [0.25, 0.3) is 5.52 Å². The van der Waals surface area contributed by atoms with E-state index in [4.69, 9.17) is 24.3 Å². The predicted octanol–water partition coefficient (Wildman–Crippen LogP) is 2.46. The first kappa shape index (κ1) is 30.9. The first-order valence-corrected chi connectivity index (χ1v) is 15.7. The molecule has 2 fully saturated rings. The minimum Gasteiger partial charge on any atom is -0.464 e. The first-order chi connectivity index (χ1) is 20.7. The molecule has 3 aromatic rings. The number of para-hydroxylation sites is 1. The van der Waals surface area contributed by atoms with Gasteiger partial charge < -0.3 is 29.9 Å². The summed E-state index contributed by atoms with van der Waals surface area (Å²) in [6, 6.07) is 12.1. The molecule has 1 saturated heterocycles. The summed E-state index contributed by atoms with van der Waals surface area (Å²) in [7, 11) is -4.31. The number of fused-ring (bicyclic) bond motifs is 1. The normalized spacial score (nSPS) is 26.4. The number of aliphatic hydroxyl groups excluding tert-OH is 2. The maximum Gasteiger partial charge on any atom is 0.459 e. The number of esters is 1. The Kier molecular flexibility index (Phi) is 9.31. The molecule has 0 bridgehead atoms. The van der Waals surface area contributed by atoms with Gasteiger partial charge in [0.2, 0.25) is 5.60 Å². The Labute approximate surface area is 248 Å². The summed E-state index contributed by atoms with van der Waals surface area (Å²) in [4.78, 5) is 16.7. The minimum absolute atomic E-state index is 0.101. The molecule has 1 aliphatic carbocycles. The zero-order valence-corrected chi connectivity index (χ0v) is 24.5. The van der Waals surface area contributed by atoms with Crippen molar-refractivity contribution in [3.63, 3.8) is 0 Å². The van der Waals surface area contributed by atoms with Gasteiger partial charge in [0.05, 0.1) is 18.9 Å². The van der Waals surface area contributed by atoms with Crippen LogP contribution in [0.1, 0.15) is 44.7 Å². The number of nitrogens with two attached hydrogens (primary N) is 1. The molecule has 0 radical (unpaired) electrons. The van der Waals surface area contributed by atoms with Crippen molar-refractivity contribution in [3.05, 3.63) is 54.5 Å². The average molecular weight is 615 g/mol. The number of hydrogen-bond donors (Lipinski definition) is 4. The number of hydrogen-bond acceptors (Lipinski definition) is 12. The summed E-state index contributed by atoms with van der Waals surface area (Å²) in [5.41, 5.74) is 4.30. The van der Waals surface area contributed by atoms with Crippen LogP contribution in [0.5, 0.6) is 5.75 Å². The number of nitrogens with zero attached hydrogens (tertiary/aromatic N) is 4. The van der Waals surface area contributed by atoms with Crippen molar-refractivity contribution < 1.29 is 38.1 Å². The summed E-state index contributed by atoms with van der Waals surface area (Å²) in [5.74, 6) is 0.00141. The third-order valence-electron chi connectivity index (χ3n) is 7.76. The second kappa shape index (κ2) is 13.0. The van der Waals surface area contributed by atoms with Gasteiger partial charge in [-0.05, 0) is 49.9 Å². The van der Waals surface area contributed by atoms with E-state index < -0.39 is 50.3 Å². The van der Waals surface area contributed by atoms with E-state index in [0.717, 1.165) is 25.7 Å². The van der Waals surface area contributed by atoms with Crippen molar-refractivity contribution in [1.29, 1.82) is 5.26 Å². The first-order valence-electron chi connectivity index (χ1n) is 14.1. The van der Waals surface area contributed by atoms with Crippen molar-refractivity contribution >= 4 is 25.1 Å². The largest absolute Gasteiger partial charge is 0.464 e. The van der Waals surface area contributed by atoms with Crippen LogP contribution in [0.2, 0.25) is 0 Å². The van der Waals surface area contributed by atoms with E-state index in [1.54, 1.807) is 36.4 Å². The van der Waals surface area contributed by atoms with Crippen LogP contribution in [-0.2, 0) is 29.0 Å². The van der Waals surface area contributed by atoms with Gasteiger partial charge in [-0.2, -0.15) is 15.4 Å². The highest BCUT2D eigenvalue weighted by molar-refractivity contribution is 7.52. The van der Waals surface area contributed by atoms with Crippen LogP contribution < -0.4 is 15.3 Å². The summed E-state index contributed by atoms with van der Waals surface area (Å²) in [6.07, 6.45) is 1.84. The maximum atomic E-state index is 14.0. The second-order valence-electron chi connectivity index (χ2n) is 10.8. The summed E-state index contributed by atoms with van der Waals surface area (Å²) in [5, 5.41) is 38.8. The van der Waals surface area contributed by atoms with Crippen LogP contribution >= 0.6 is 7.75 Å². The highest BCUT2D eigenvalue weighted by atomic mass is 31.2. The number of carbonyl (C=O) groups is 1. The number of anilines is 1. The zero-order valence-electron chi connectivity index (χ0n) is 23.6. The number of nitrogens with one attached hydrogen (secondary N) is 1. The van der Waals surface area contributed by atoms with E-state index in [1.165, 1.54) is 30.3 Å². The fraction of sp³-hybridized carbons (Fsp3) is 0.500. The average Bonchev–Trinajstić information content (AvgIpc) is 3.56. The summed E-state index contributed by atoms with van der Waals surface area (Å²) >= 11 is 0. The van der Waals surface area contributed by atoms with Crippen LogP contribution in [0.15, 0.2) is 48.8 Å². The summed E-state index contributed by atoms with van der Waals surface area (Å²) in [6.45, 7) is 1.17. The van der Waals surface area contributed by atoms with Crippen molar-refractivity contribution in [2.75, 3.05) is 18.9 Å². The highest BCUT2D eigenvalue weighted by Gasteiger charge is 2.58. The molecule has 2 aromatic heterocycles. The number of aliphatic hydroxyl groups is 2. The van der Waals surface area contributed by atoms with E-state index in [1.807, 2.05) is 6.07 Å².